The molecule has 5 nitrogen and oxygen atoms in total. The molecular weight excluding hydrogens is 343 g/mol. The Morgan fingerprint density at radius 3 is 2.32 bits per heavy atom. The zero-order chi connectivity index (χ0) is 18.3. The Bertz CT molecular complexity index is 793. The minimum absolute atomic E-state index is 0.0609. The lowest BCUT2D eigenvalue weighted by atomic mass is 10.1. The quantitative estimate of drug-likeness (QED) is 0.782. The summed E-state index contributed by atoms with van der Waals surface area (Å²) in [6.07, 6.45) is 1.76. The van der Waals surface area contributed by atoms with Crippen LogP contribution in [0, 0.1) is 5.82 Å². The number of rotatable bonds is 8. The van der Waals surface area contributed by atoms with Crippen LogP contribution in [0.15, 0.2) is 54.6 Å². The number of hydrogen-bond donors (Lipinski definition) is 1. The van der Waals surface area contributed by atoms with Crippen LogP contribution in [0.2, 0.25) is 0 Å². The molecule has 134 valence electrons. The number of nitrogens with one attached hydrogen (secondary N) is 1. The van der Waals surface area contributed by atoms with Gasteiger partial charge in [-0.05, 0) is 36.2 Å². The van der Waals surface area contributed by atoms with Crippen LogP contribution in [-0.2, 0) is 21.2 Å². The van der Waals surface area contributed by atoms with Crippen molar-refractivity contribution in [3.8, 4) is 0 Å². The van der Waals surface area contributed by atoms with E-state index in [2.05, 4.69) is 5.32 Å². The smallest absolute Gasteiger partial charge is 0.232 e. The zero-order valence-corrected chi connectivity index (χ0v) is 14.8. The highest BCUT2D eigenvalue weighted by molar-refractivity contribution is 7.92. The lowest BCUT2D eigenvalue weighted by molar-refractivity contribution is -0.120. The number of amides is 1. The number of carbonyl (C=O) groups excluding carboxylic acids is 1. The number of sulfonamides is 1. The lowest BCUT2D eigenvalue weighted by Gasteiger charge is -2.22. The van der Waals surface area contributed by atoms with Crippen molar-refractivity contribution in [2.45, 2.75) is 12.8 Å². The molecule has 1 N–H and O–H groups in total. The molecule has 0 atom stereocenters. The number of hydrogen-bond acceptors (Lipinski definition) is 3. The first kappa shape index (κ1) is 18.9. The summed E-state index contributed by atoms with van der Waals surface area (Å²) in [6, 6.07) is 14.8. The fourth-order valence-electron chi connectivity index (χ4n) is 2.37. The van der Waals surface area contributed by atoms with Crippen molar-refractivity contribution in [3.63, 3.8) is 0 Å². The van der Waals surface area contributed by atoms with Gasteiger partial charge in [0.05, 0.1) is 11.9 Å². The lowest BCUT2D eigenvalue weighted by Crippen LogP contribution is -2.35. The number of benzene rings is 2. The molecule has 7 heteroatoms. The standard InChI is InChI=1S/C18H21FN2O3S/c1-25(23,24)21(17-5-3-2-4-6-17)14-12-18(22)20-13-11-15-7-9-16(19)10-8-15/h2-10H,11-14H2,1H3,(H,20,22). The predicted molar refractivity (Wildman–Crippen MR) is 96.4 cm³/mol. The monoisotopic (exact) mass is 364 g/mol. The van der Waals surface area contributed by atoms with Crippen molar-refractivity contribution in [2.24, 2.45) is 0 Å². The largest absolute Gasteiger partial charge is 0.356 e. The van der Waals surface area contributed by atoms with E-state index < -0.39 is 10.0 Å². The minimum atomic E-state index is -3.46. The topological polar surface area (TPSA) is 66.5 Å². The molecule has 0 saturated carbocycles. The van der Waals surface area contributed by atoms with Gasteiger partial charge in [0.2, 0.25) is 15.9 Å². The summed E-state index contributed by atoms with van der Waals surface area (Å²) in [4.78, 5) is 12.0. The van der Waals surface area contributed by atoms with Crippen molar-refractivity contribution in [1.82, 2.24) is 5.32 Å². The molecular formula is C18H21FN2O3S. The van der Waals surface area contributed by atoms with Crippen molar-refractivity contribution in [1.29, 1.82) is 0 Å². The van der Waals surface area contributed by atoms with Crippen LogP contribution < -0.4 is 9.62 Å². The minimum Gasteiger partial charge on any atom is -0.356 e. The summed E-state index contributed by atoms with van der Waals surface area (Å²) in [5.41, 5.74) is 1.45. The Morgan fingerprint density at radius 2 is 1.72 bits per heavy atom. The summed E-state index contributed by atoms with van der Waals surface area (Å²) in [7, 11) is -3.46. The average Bonchev–Trinajstić information content (AvgIpc) is 2.56. The fraction of sp³-hybridized carbons (Fsp3) is 0.278. The number of anilines is 1. The van der Waals surface area contributed by atoms with Gasteiger partial charge in [-0.2, -0.15) is 0 Å². The van der Waals surface area contributed by atoms with Gasteiger partial charge in [-0.15, -0.1) is 0 Å². The molecule has 25 heavy (non-hydrogen) atoms. The van der Waals surface area contributed by atoms with Gasteiger partial charge in [0.15, 0.2) is 0 Å². The third kappa shape index (κ3) is 6.19. The van der Waals surface area contributed by atoms with Gasteiger partial charge >= 0.3 is 0 Å². The SMILES string of the molecule is CS(=O)(=O)N(CCC(=O)NCCc1ccc(F)cc1)c1ccccc1. The first-order valence-corrected chi connectivity index (χ1v) is 9.75. The Labute approximate surface area is 147 Å². The van der Waals surface area contributed by atoms with Gasteiger partial charge in [0, 0.05) is 19.5 Å². The maximum atomic E-state index is 12.8. The van der Waals surface area contributed by atoms with E-state index in [1.54, 1.807) is 42.5 Å². The highest BCUT2D eigenvalue weighted by atomic mass is 32.2. The van der Waals surface area contributed by atoms with E-state index in [0.717, 1.165) is 11.8 Å². The van der Waals surface area contributed by atoms with Crippen molar-refractivity contribution in [2.75, 3.05) is 23.7 Å². The normalized spacial score (nSPS) is 11.1. The highest BCUT2D eigenvalue weighted by Gasteiger charge is 2.18. The van der Waals surface area contributed by atoms with E-state index in [0.29, 0.717) is 18.7 Å². The van der Waals surface area contributed by atoms with Crippen molar-refractivity contribution < 1.29 is 17.6 Å². The second kappa shape index (κ2) is 8.62. The summed E-state index contributed by atoms with van der Waals surface area (Å²) in [5, 5.41) is 2.75. The van der Waals surface area contributed by atoms with Gasteiger partial charge in [-0.25, -0.2) is 12.8 Å². The third-order valence-electron chi connectivity index (χ3n) is 3.64. The summed E-state index contributed by atoms with van der Waals surface area (Å²) < 4.78 is 37.9. The molecule has 0 spiro atoms. The van der Waals surface area contributed by atoms with Crippen molar-refractivity contribution >= 4 is 21.6 Å². The van der Waals surface area contributed by atoms with E-state index in [9.17, 15) is 17.6 Å². The van der Waals surface area contributed by atoms with Crippen LogP contribution in [0.25, 0.3) is 0 Å². The Morgan fingerprint density at radius 1 is 1.08 bits per heavy atom. The molecule has 2 rings (SSSR count). The van der Waals surface area contributed by atoms with E-state index in [1.807, 2.05) is 0 Å². The zero-order valence-electron chi connectivity index (χ0n) is 14.0. The highest BCUT2D eigenvalue weighted by Crippen LogP contribution is 2.16. The summed E-state index contributed by atoms with van der Waals surface area (Å²) in [5.74, 6) is -0.527. The van der Waals surface area contributed by atoms with Gasteiger partial charge in [-0.3, -0.25) is 9.10 Å². The van der Waals surface area contributed by atoms with Gasteiger partial charge < -0.3 is 5.32 Å². The van der Waals surface area contributed by atoms with Crippen molar-refractivity contribution in [3.05, 3.63) is 66.0 Å². The Balaban J connectivity index is 1.84. The number of nitrogens with zero attached hydrogens (tertiary/aromatic N) is 1. The van der Waals surface area contributed by atoms with Crippen LogP contribution in [0.4, 0.5) is 10.1 Å². The molecule has 0 aromatic heterocycles. The summed E-state index contributed by atoms with van der Waals surface area (Å²) >= 11 is 0. The van der Waals surface area contributed by atoms with E-state index in [-0.39, 0.29) is 24.7 Å². The third-order valence-corrected chi connectivity index (χ3v) is 4.83. The van der Waals surface area contributed by atoms with Gasteiger partial charge in [0.25, 0.3) is 0 Å². The number of halogens is 1. The summed E-state index contributed by atoms with van der Waals surface area (Å²) in [6.45, 7) is 0.486. The first-order valence-electron chi connectivity index (χ1n) is 7.90. The maximum Gasteiger partial charge on any atom is 0.232 e. The molecule has 2 aromatic rings. The molecule has 0 aliphatic rings. The van der Waals surface area contributed by atoms with Crippen LogP contribution in [0.1, 0.15) is 12.0 Å². The Kier molecular flexibility index (Phi) is 6.52. The predicted octanol–water partition coefficient (Wildman–Crippen LogP) is 2.34. The molecule has 0 heterocycles. The molecule has 0 aliphatic carbocycles. The van der Waals surface area contributed by atoms with Crippen LogP contribution in [0.5, 0.6) is 0 Å². The second-order valence-electron chi connectivity index (χ2n) is 5.65. The van der Waals surface area contributed by atoms with E-state index in [1.165, 1.54) is 16.4 Å². The van der Waals surface area contributed by atoms with Crippen LogP contribution in [-0.4, -0.2) is 33.7 Å². The molecule has 0 radical (unpaired) electrons. The molecule has 0 fully saturated rings. The second-order valence-corrected chi connectivity index (χ2v) is 7.55. The fourth-order valence-corrected chi connectivity index (χ4v) is 3.30. The molecule has 0 unspecified atom stereocenters. The van der Waals surface area contributed by atoms with Crippen LogP contribution in [0.3, 0.4) is 0 Å². The molecule has 0 aliphatic heterocycles. The Hall–Kier alpha value is -2.41. The maximum absolute atomic E-state index is 12.8. The number of para-hydroxylation sites is 1. The van der Waals surface area contributed by atoms with E-state index in [4.69, 9.17) is 0 Å². The van der Waals surface area contributed by atoms with E-state index >= 15 is 0 Å². The number of carbonyl (C=O) groups is 1. The molecule has 2 aromatic carbocycles. The van der Waals surface area contributed by atoms with Gasteiger partial charge in [-0.1, -0.05) is 30.3 Å². The van der Waals surface area contributed by atoms with Crippen LogP contribution >= 0.6 is 0 Å². The molecule has 0 bridgehead atoms. The van der Waals surface area contributed by atoms with Gasteiger partial charge in [0.1, 0.15) is 5.82 Å². The first-order chi connectivity index (χ1) is 11.9. The average molecular weight is 364 g/mol. The molecule has 0 saturated heterocycles. The molecule has 1 amide bonds.